The number of anilines is 1. The SMILES string of the molecule is COc1cccc([C@H]2O[C@H](CCCC(=O)O)C(=O)N(CC(C)(C)COC(C)=O)c3ccc(Cl)cc32)c1OC. The van der Waals surface area contributed by atoms with Crippen molar-refractivity contribution in [2.45, 2.75) is 52.2 Å². The minimum Gasteiger partial charge on any atom is -0.493 e. The Morgan fingerprint density at radius 1 is 1.13 bits per heavy atom. The summed E-state index contributed by atoms with van der Waals surface area (Å²) in [7, 11) is 3.06. The molecule has 1 N–H and O–H groups in total. The van der Waals surface area contributed by atoms with Crippen LogP contribution in [-0.4, -0.2) is 56.4 Å². The first kappa shape index (κ1) is 29.3. The van der Waals surface area contributed by atoms with E-state index in [-0.39, 0.29) is 38.3 Å². The van der Waals surface area contributed by atoms with Gasteiger partial charge in [0.1, 0.15) is 12.2 Å². The first-order valence-electron chi connectivity index (χ1n) is 12.3. The van der Waals surface area contributed by atoms with Crippen molar-refractivity contribution in [3.05, 3.63) is 52.5 Å². The topological polar surface area (TPSA) is 112 Å². The van der Waals surface area contributed by atoms with Crippen LogP contribution in [0.25, 0.3) is 0 Å². The van der Waals surface area contributed by atoms with Crippen LogP contribution in [0, 0.1) is 5.41 Å². The number of rotatable bonds is 11. The number of hydrogen-bond donors (Lipinski definition) is 1. The second kappa shape index (κ2) is 12.5. The summed E-state index contributed by atoms with van der Waals surface area (Å²) in [5, 5.41) is 9.63. The third-order valence-electron chi connectivity index (χ3n) is 6.23. The van der Waals surface area contributed by atoms with E-state index in [2.05, 4.69) is 0 Å². The van der Waals surface area contributed by atoms with E-state index in [9.17, 15) is 19.5 Å². The van der Waals surface area contributed by atoms with Gasteiger partial charge in [-0.3, -0.25) is 14.4 Å². The van der Waals surface area contributed by atoms with Crippen LogP contribution in [0.1, 0.15) is 57.3 Å². The molecule has 0 radical (unpaired) electrons. The number of esters is 1. The standard InChI is InChI=1S/C28H34ClNO8/c1-17(31)37-16-28(2,3)15-30-21-13-12-18(29)14-20(21)25(19-8-6-9-22(35-4)26(19)36-5)38-23(27(30)34)10-7-11-24(32)33/h6,8-9,12-14,23,25H,7,10-11,15-16H2,1-5H3,(H,32,33)/t23-,25-/m1/s1. The Bertz CT molecular complexity index is 1180. The maximum atomic E-state index is 14.0. The molecule has 0 fully saturated rings. The van der Waals surface area contributed by atoms with E-state index in [0.717, 1.165) is 0 Å². The van der Waals surface area contributed by atoms with Crippen molar-refractivity contribution < 1.29 is 38.4 Å². The molecule has 0 saturated heterocycles. The molecule has 0 bridgehead atoms. The van der Waals surface area contributed by atoms with E-state index in [0.29, 0.717) is 33.3 Å². The second-order valence-electron chi connectivity index (χ2n) is 9.95. The average Bonchev–Trinajstić information content (AvgIpc) is 2.97. The van der Waals surface area contributed by atoms with E-state index in [1.54, 1.807) is 35.2 Å². The van der Waals surface area contributed by atoms with Crippen molar-refractivity contribution >= 4 is 35.1 Å². The van der Waals surface area contributed by atoms with Crippen LogP contribution in [0.15, 0.2) is 36.4 Å². The van der Waals surface area contributed by atoms with Gasteiger partial charge < -0.3 is 29.0 Å². The number of carboxylic acids is 1. The number of hydrogen-bond acceptors (Lipinski definition) is 7. The molecule has 1 aliphatic rings. The Labute approximate surface area is 227 Å². The number of aliphatic carboxylic acids is 1. The zero-order chi connectivity index (χ0) is 28.0. The van der Waals surface area contributed by atoms with Gasteiger partial charge in [-0.2, -0.15) is 0 Å². The Balaban J connectivity index is 2.16. The van der Waals surface area contributed by atoms with Crippen molar-refractivity contribution in [3.63, 3.8) is 0 Å². The van der Waals surface area contributed by atoms with Gasteiger partial charge in [0.2, 0.25) is 0 Å². The van der Waals surface area contributed by atoms with E-state index in [1.807, 2.05) is 19.9 Å². The number of ether oxygens (including phenoxy) is 4. The van der Waals surface area contributed by atoms with E-state index in [1.165, 1.54) is 21.1 Å². The summed E-state index contributed by atoms with van der Waals surface area (Å²) < 4.78 is 22.9. The number of fused-ring (bicyclic) bond motifs is 1. The number of benzene rings is 2. The van der Waals surface area contributed by atoms with Crippen molar-refractivity contribution in [2.75, 3.05) is 32.3 Å². The Morgan fingerprint density at radius 3 is 2.50 bits per heavy atom. The first-order valence-corrected chi connectivity index (χ1v) is 12.7. The predicted octanol–water partition coefficient (Wildman–Crippen LogP) is 5.02. The van der Waals surface area contributed by atoms with E-state index < -0.39 is 29.6 Å². The maximum absolute atomic E-state index is 14.0. The summed E-state index contributed by atoms with van der Waals surface area (Å²) in [5.41, 5.74) is 1.26. The van der Waals surface area contributed by atoms with Crippen LogP contribution < -0.4 is 14.4 Å². The highest BCUT2D eigenvalue weighted by atomic mass is 35.5. The molecule has 1 heterocycles. The highest BCUT2D eigenvalue weighted by Crippen LogP contribution is 2.45. The lowest BCUT2D eigenvalue weighted by molar-refractivity contribution is -0.144. The summed E-state index contributed by atoms with van der Waals surface area (Å²) >= 11 is 6.43. The fourth-order valence-corrected chi connectivity index (χ4v) is 4.67. The molecule has 2 aromatic carbocycles. The molecule has 0 unspecified atom stereocenters. The molecule has 38 heavy (non-hydrogen) atoms. The molecule has 3 rings (SSSR count). The summed E-state index contributed by atoms with van der Waals surface area (Å²) in [6, 6.07) is 10.6. The molecule has 0 aliphatic carbocycles. The van der Waals surface area contributed by atoms with Crippen LogP contribution in [0.4, 0.5) is 5.69 Å². The van der Waals surface area contributed by atoms with Crippen molar-refractivity contribution in [3.8, 4) is 11.5 Å². The van der Waals surface area contributed by atoms with Crippen molar-refractivity contribution in [1.29, 1.82) is 0 Å². The molecule has 2 atom stereocenters. The van der Waals surface area contributed by atoms with Crippen molar-refractivity contribution in [1.82, 2.24) is 0 Å². The average molecular weight is 548 g/mol. The van der Waals surface area contributed by atoms with Gasteiger partial charge in [0.15, 0.2) is 11.5 Å². The van der Waals surface area contributed by atoms with Gasteiger partial charge in [-0.1, -0.05) is 37.6 Å². The number of nitrogens with zero attached hydrogens (tertiary/aromatic N) is 1. The third-order valence-corrected chi connectivity index (χ3v) is 6.46. The quantitative estimate of drug-likeness (QED) is 0.390. The highest BCUT2D eigenvalue weighted by molar-refractivity contribution is 6.30. The van der Waals surface area contributed by atoms with Crippen LogP contribution >= 0.6 is 11.6 Å². The fourth-order valence-electron chi connectivity index (χ4n) is 4.49. The largest absolute Gasteiger partial charge is 0.493 e. The maximum Gasteiger partial charge on any atom is 0.303 e. The Kier molecular flexibility index (Phi) is 9.62. The Hall–Kier alpha value is -3.30. The molecular weight excluding hydrogens is 514 g/mol. The third kappa shape index (κ3) is 6.96. The normalized spacial score (nSPS) is 17.4. The number of methoxy groups -OCH3 is 2. The molecule has 0 spiro atoms. The molecule has 1 amide bonds. The number of halogens is 1. The van der Waals surface area contributed by atoms with E-state index >= 15 is 0 Å². The lowest BCUT2D eigenvalue weighted by atomic mass is 9.92. The van der Waals surface area contributed by atoms with Gasteiger partial charge in [-0.05, 0) is 37.1 Å². The van der Waals surface area contributed by atoms with Crippen LogP contribution in [0.3, 0.4) is 0 Å². The van der Waals surface area contributed by atoms with Gasteiger partial charge in [0.05, 0.1) is 20.8 Å². The minimum atomic E-state index is -0.953. The van der Waals surface area contributed by atoms with Crippen molar-refractivity contribution in [2.24, 2.45) is 5.41 Å². The predicted molar refractivity (Wildman–Crippen MR) is 142 cm³/mol. The van der Waals surface area contributed by atoms with Gasteiger partial charge in [0.25, 0.3) is 5.91 Å². The highest BCUT2D eigenvalue weighted by Gasteiger charge is 2.40. The molecule has 1 aliphatic heterocycles. The minimum absolute atomic E-state index is 0.100. The second-order valence-corrected chi connectivity index (χ2v) is 10.4. The zero-order valence-electron chi connectivity index (χ0n) is 22.3. The zero-order valence-corrected chi connectivity index (χ0v) is 23.0. The monoisotopic (exact) mass is 547 g/mol. The van der Waals surface area contributed by atoms with Gasteiger partial charge in [0, 0.05) is 47.1 Å². The Morgan fingerprint density at radius 2 is 1.87 bits per heavy atom. The number of carbonyl (C=O) groups is 3. The lowest BCUT2D eigenvalue weighted by Gasteiger charge is -2.33. The van der Waals surface area contributed by atoms with Gasteiger partial charge in [-0.15, -0.1) is 0 Å². The molecule has 10 heteroatoms. The first-order chi connectivity index (χ1) is 18.0. The number of amides is 1. The summed E-state index contributed by atoms with van der Waals surface area (Å²) in [6.07, 6.45) is -1.39. The smallest absolute Gasteiger partial charge is 0.303 e. The molecule has 206 valence electrons. The lowest BCUT2D eigenvalue weighted by Crippen LogP contribution is -2.45. The molecule has 9 nitrogen and oxygen atoms in total. The van der Waals surface area contributed by atoms with E-state index in [4.69, 9.17) is 30.5 Å². The summed E-state index contributed by atoms with van der Waals surface area (Å²) in [4.78, 5) is 38.3. The van der Waals surface area contributed by atoms with Gasteiger partial charge >= 0.3 is 11.9 Å². The molecule has 0 aromatic heterocycles. The summed E-state index contributed by atoms with van der Waals surface area (Å²) in [5.74, 6) is -0.737. The molecule has 2 aromatic rings. The molecular formula is C28H34ClNO8. The van der Waals surface area contributed by atoms with Gasteiger partial charge in [-0.25, -0.2) is 0 Å². The van der Waals surface area contributed by atoms with Crippen LogP contribution in [0.2, 0.25) is 5.02 Å². The van der Waals surface area contributed by atoms with Crippen LogP contribution in [-0.2, 0) is 23.9 Å². The number of carbonyl (C=O) groups excluding carboxylic acids is 2. The molecule has 0 saturated carbocycles. The number of carboxylic acid groups (broad SMARTS) is 1. The summed E-state index contributed by atoms with van der Waals surface area (Å²) in [6.45, 7) is 5.45. The fraction of sp³-hybridized carbons (Fsp3) is 0.464. The van der Waals surface area contributed by atoms with Crippen LogP contribution in [0.5, 0.6) is 11.5 Å². The number of para-hydroxylation sites is 1.